The van der Waals surface area contributed by atoms with E-state index < -0.39 is 5.97 Å². The molecule has 102 valence electrons. The number of hydrogen-bond donors (Lipinski definition) is 2. The van der Waals surface area contributed by atoms with Gasteiger partial charge in [0.15, 0.2) is 0 Å². The molecule has 0 atom stereocenters. The Morgan fingerprint density at radius 3 is 2.63 bits per heavy atom. The smallest absolute Gasteiger partial charge is 0.323 e. The van der Waals surface area contributed by atoms with E-state index in [1.54, 1.807) is 6.07 Å². The summed E-state index contributed by atoms with van der Waals surface area (Å²) in [6, 6.07) is 6.92. The fourth-order valence-corrected chi connectivity index (χ4v) is 2.02. The molecule has 2 N–H and O–H groups in total. The number of halogens is 1. The molecule has 0 radical (unpaired) electrons. The summed E-state index contributed by atoms with van der Waals surface area (Å²) < 4.78 is 0. The van der Waals surface area contributed by atoms with E-state index in [9.17, 15) is 9.59 Å². The third-order valence-corrected chi connectivity index (χ3v) is 3.31. The molecule has 0 aliphatic heterocycles. The first-order valence-corrected chi connectivity index (χ1v) is 6.45. The number of carbonyl (C=O) groups is 2. The number of amides is 2. The van der Waals surface area contributed by atoms with E-state index in [4.69, 9.17) is 16.7 Å². The quantitative estimate of drug-likeness (QED) is 0.869. The molecule has 0 saturated heterocycles. The third-order valence-electron chi connectivity index (χ3n) is 2.94. The minimum atomic E-state index is -1.00. The molecule has 6 heteroatoms. The number of carboxylic acids is 1. The van der Waals surface area contributed by atoms with Crippen molar-refractivity contribution in [1.29, 1.82) is 0 Å². The van der Waals surface area contributed by atoms with Crippen molar-refractivity contribution in [2.75, 3.05) is 6.54 Å². The summed E-state index contributed by atoms with van der Waals surface area (Å²) in [4.78, 5) is 24.0. The van der Waals surface area contributed by atoms with Crippen molar-refractivity contribution in [2.24, 2.45) is 0 Å². The third kappa shape index (κ3) is 3.86. The van der Waals surface area contributed by atoms with Crippen LogP contribution >= 0.6 is 11.6 Å². The van der Waals surface area contributed by atoms with Gasteiger partial charge < -0.3 is 15.3 Å². The highest BCUT2D eigenvalue weighted by Crippen LogP contribution is 2.26. The van der Waals surface area contributed by atoms with E-state index in [0.29, 0.717) is 11.6 Å². The molecular formula is C13H15ClN2O3. The molecular weight excluding hydrogens is 268 g/mol. The van der Waals surface area contributed by atoms with Crippen molar-refractivity contribution in [2.45, 2.75) is 25.4 Å². The topological polar surface area (TPSA) is 69.6 Å². The molecule has 2 amide bonds. The highest BCUT2D eigenvalue weighted by molar-refractivity contribution is 6.31. The fourth-order valence-electron chi connectivity index (χ4n) is 1.81. The van der Waals surface area contributed by atoms with E-state index in [2.05, 4.69) is 5.32 Å². The molecule has 19 heavy (non-hydrogen) atoms. The molecule has 1 fully saturated rings. The number of nitrogens with zero attached hydrogens (tertiary/aromatic N) is 1. The molecule has 0 unspecified atom stereocenters. The Hall–Kier alpha value is -1.75. The van der Waals surface area contributed by atoms with Crippen LogP contribution in [0.1, 0.15) is 18.4 Å². The molecule has 1 aliphatic carbocycles. The number of benzene rings is 1. The molecule has 0 bridgehead atoms. The number of urea groups is 1. The van der Waals surface area contributed by atoms with Gasteiger partial charge in [0.25, 0.3) is 0 Å². The summed E-state index contributed by atoms with van der Waals surface area (Å²) in [6.45, 7) is 0.0281. The lowest BCUT2D eigenvalue weighted by Crippen LogP contribution is -2.43. The van der Waals surface area contributed by atoms with Gasteiger partial charge >= 0.3 is 12.0 Å². The van der Waals surface area contributed by atoms with Crippen LogP contribution in [0.3, 0.4) is 0 Å². The molecule has 1 saturated carbocycles. The number of carbonyl (C=O) groups excluding carboxylic acids is 1. The highest BCUT2D eigenvalue weighted by Gasteiger charge is 2.33. The molecule has 0 spiro atoms. The monoisotopic (exact) mass is 282 g/mol. The zero-order valence-electron chi connectivity index (χ0n) is 10.3. The van der Waals surface area contributed by atoms with Crippen LogP contribution in [0.4, 0.5) is 4.79 Å². The Morgan fingerprint density at radius 2 is 2.05 bits per heavy atom. The minimum absolute atomic E-state index is 0.0577. The van der Waals surface area contributed by atoms with Crippen LogP contribution in [0.25, 0.3) is 0 Å². The number of rotatable bonds is 5. The Balaban J connectivity index is 1.92. The molecule has 5 nitrogen and oxygen atoms in total. The van der Waals surface area contributed by atoms with E-state index in [1.165, 1.54) is 4.90 Å². The summed E-state index contributed by atoms with van der Waals surface area (Å²) in [5.41, 5.74) is 0.809. The van der Waals surface area contributed by atoms with E-state index >= 15 is 0 Å². The number of hydrogen-bond acceptors (Lipinski definition) is 2. The van der Waals surface area contributed by atoms with Gasteiger partial charge in [-0.15, -0.1) is 0 Å². The van der Waals surface area contributed by atoms with Crippen molar-refractivity contribution in [3.8, 4) is 0 Å². The summed E-state index contributed by atoms with van der Waals surface area (Å²) in [7, 11) is 0. The molecule has 0 heterocycles. The second-order valence-corrected chi connectivity index (χ2v) is 4.91. The fraction of sp³-hybridized carbons (Fsp3) is 0.385. The molecule has 0 aromatic heterocycles. The lowest BCUT2D eigenvalue weighted by Gasteiger charge is -2.20. The zero-order chi connectivity index (χ0) is 13.8. The Labute approximate surface area is 116 Å². The van der Waals surface area contributed by atoms with Crippen molar-refractivity contribution in [3.05, 3.63) is 34.9 Å². The summed E-state index contributed by atoms with van der Waals surface area (Å²) in [5, 5.41) is 12.1. The predicted molar refractivity (Wildman–Crippen MR) is 71.1 cm³/mol. The van der Waals surface area contributed by atoms with Gasteiger partial charge in [0.1, 0.15) is 6.54 Å². The van der Waals surface area contributed by atoms with Crippen LogP contribution in [0.5, 0.6) is 0 Å². The van der Waals surface area contributed by atoms with Crippen molar-refractivity contribution in [1.82, 2.24) is 10.2 Å². The Morgan fingerprint density at radius 1 is 1.37 bits per heavy atom. The van der Waals surface area contributed by atoms with Gasteiger partial charge in [0.05, 0.1) is 0 Å². The highest BCUT2D eigenvalue weighted by atomic mass is 35.5. The Kier molecular flexibility index (Phi) is 4.27. The molecule has 1 aromatic rings. The van der Waals surface area contributed by atoms with Crippen molar-refractivity contribution >= 4 is 23.6 Å². The number of aliphatic carboxylic acids is 1. The average Bonchev–Trinajstić information content (AvgIpc) is 3.18. The van der Waals surface area contributed by atoms with Gasteiger partial charge in [-0.2, -0.15) is 0 Å². The standard InChI is InChI=1S/C13H15ClN2O3/c14-11-4-2-1-3-9(11)7-15-13(19)16(8-12(17)18)10-5-6-10/h1-4,10H,5-8H2,(H,15,19)(H,17,18). The molecule has 1 aliphatic rings. The van der Waals surface area contributed by atoms with Gasteiger partial charge in [0.2, 0.25) is 0 Å². The van der Waals surface area contributed by atoms with Crippen molar-refractivity contribution < 1.29 is 14.7 Å². The maximum absolute atomic E-state index is 12.0. The second kappa shape index (κ2) is 5.93. The largest absolute Gasteiger partial charge is 0.480 e. The van der Waals surface area contributed by atoms with E-state index in [-0.39, 0.29) is 18.6 Å². The van der Waals surface area contributed by atoms with E-state index in [0.717, 1.165) is 18.4 Å². The molecule has 1 aromatic carbocycles. The van der Waals surface area contributed by atoms with Crippen molar-refractivity contribution in [3.63, 3.8) is 0 Å². The number of carboxylic acid groups (broad SMARTS) is 1. The number of nitrogens with one attached hydrogen (secondary N) is 1. The second-order valence-electron chi connectivity index (χ2n) is 4.50. The Bertz CT molecular complexity index is 489. The van der Waals surface area contributed by atoms with Gasteiger partial charge in [-0.1, -0.05) is 29.8 Å². The zero-order valence-corrected chi connectivity index (χ0v) is 11.1. The maximum Gasteiger partial charge on any atom is 0.323 e. The lowest BCUT2D eigenvalue weighted by atomic mass is 10.2. The summed E-state index contributed by atoms with van der Waals surface area (Å²) >= 11 is 5.99. The minimum Gasteiger partial charge on any atom is -0.480 e. The van der Waals surface area contributed by atoms with Gasteiger partial charge in [-0.3, -0.25) is 4.79 Å². The predicted octanol–water partition coefficient (Wildman–Crippen LogP) is 2.10. The summed E-state index contributed by atoms with van der Waals surface area (Å²) in [5.74, 6) is -1.00. The van der Waals surface area contributed by atoms with Gasteiger partial charge in [-0.25, -0.2) is 4.79 Å². The van der Waals surface area contributed by atoms with Crippen LogP contribution in [0.15, 0.2) is 24.3 Å². The summed E-state index contributed by atoms with van der Waals surface area (Å²) in [6.07, 6.45) is 1.74. The van der Waals surface area contributed by atoms with Gasteiger partial charge in [0, 0.05) is 17.6 Å². The SMILES string of the molecule is O=C(O)CN(C(=O)NCc1ccccc1Cl)C1CC1. The van der Waals surface area contributed by atoms with E-state index in [1.807, 2.05) is 18.2 Å². The van der Waals surface area contributed by atoms with Crippen LogP contribution in [-0.2, 0) is 11.3 Å². The maximum atomic E-state index is 12.0. The first-order chi connectivity index (χ1) is 9.08. The van der Waals surface area contributed by atoms with Crippen LogP contribution < -0.4 is 5.32 Å². The van der Waals surface area contributed by atoms with Gasteiger partial charge in [-0.05, 0) is 24.5 Å². The van der Waals surface area contributed by atoms with Crippen LogP contribution in [0, 0.1) is 0 Å². The lowest BCUT2D eigenvalue weighted by molar-refractivity contribution is -0.137. The first-order valence-electron chi connectivity index (χ1n) is 6.07. The average molecular weight is 283 g/mol. The molecule has 2 rings (SSSR count). The normalized spacial score (nSPS) is 13.9. The first kappa shape index (κ1) is 13.7. The van der Waals surface area contributed by atoms with Crippen LogP contribution in [0.2, 0.25) is 5.02 Å². The van der Waals surface area contributed by atoms with Crippen LogP contribution in [-0.4, -0.2) is 34.6 Å².